The molecule has 5 heteroatoms. The quantitative estimate of drug-likeness (QED) is 0.887. The maximum atomic E-state index is 8.84. The molecular formula is C14H12N4O. The molecule has 1 aliphatic heterocycles. The summed E-state index contributed by atoms with van der Waals surface area (Å²) in [6.07, 6.45) is 2.43. The van der Waals surface area contributed by atoms with E-state index >= 15 is 0 Å². The second-order valence-corrected chi connectivity index (χ2v) is 4.25. The van der Waals surface area contributed by atoms with E-state index in [1.165, 1.54) is 0 Å². The molecule has 2 aromatic rings. The van der Waals surface area contributed by atoms with Crippen molar-refractivity contribution in [2.75, 3.05) is 11.9 Å². The van der Waals surface area contributed by atoms with Gasteiger partial charge in [-0.3, -0.25) is 0 Å². The van der Waals surface area contributed by atoms with E-state index in [1.54, 1.807) is 12.3 Å². The topological polar surface area (TPSA) is 70.8 Å². The summed E-state index contributed by atoms with van der Waals surface area (Å²) in [5.41, 5.74) is 1.46. The number of aromatic nitrogens is 2. The minimum absolute atomic E-state index is 0.110. The maximum Gasteiger partial charge on any atom is 0.224 e. The van der Waals surface area contributed by atoms with Crippen LogP contribution in [0, 0.1) is 11.3 Å². The number of hydrogen-bond acceptors (Lipinski definition) is 5. The molecule has 3 rings (SSSR count). The van der Waals surface area contributed by atoms with Crippen molar-refractivity contribution >= 4 is 5.95 Å². The van der Waals surface area contributed by atoms with Gasteiger partial charge in [-0.15, -0.1) is 0 Å². The Bertz CT molecular complexity index is 635. The van der Waals surface area contributed by atoms with Crippen molar-refractivity contribution in [3.63, 3.8) is 0 Å². The number of ether oxygens (including phenoxy) is 1. The molecule has 94 valence electrons. The number of para-hydroxylation sites is 1. The molecule has 0 saturated heterocycles. The molecule has 0 spiro atoms. The number of hydrogen-bond donors (Lipinski definition) is 1. The highest BCUT2D eigenvalue weighted by Crippen LogP contribution is 2.33. The summed E-state index contributed by atoms with van der Waals surface area (Å²) < 4.78 is 5.60. The fourth-order valence-corrected chi connectivity index (χ4v) is 2.14. The largest absolute Gasteiger partial charge is 0.493 e. The predicted octanol–water partition coefficient (Wildman–Crippen LogP) is 2.28. The monoisotopic (exact) mass is 252 g/mol. The smallest absolute Gasteiger partial charge is 0.224 e. The lowest BCUT2D eigenvalue weighted by atomic mass is 10.0. The second kappa shape index (κ2) is 4.94. The second-order valence-electron chi connectivity index (χ2n) is 4.25. The normalized spacial score (nSPS) is 16.9. The van der Waals surface area contributed by atoms with Crippen molar-refractivity contribution in [1.29, 1.82) is 5.26 Å². The van der Waals surface area contributed by atoms with Gasteiger partial charge in [-0.25, -0.2) is 9.97 Å². The number of benzene rings is 1. The molecule has 1 atom stereocenters. The van der Waals surface area contributed by atoms with Crippen LogP contribution in [0.1, 0.15) is 23.7 Å². The maximum absolute atomic E-state index is 8.84. The third kappa shape index (κ3) is 2.33. The molecule has 0 amide bonds. The standard InChI is InChI=1S/C14H12N4O/c15-9-10-5-7-16-14(17-10)18-12-6-8-19-13-4-2-1-3-11(12)13/h1-5,7,12H,6,8H2,(H,16,17,18). The molecule has 0 fully saturated rings. The molecule has 0 saturated carbocycles. The van der Waals surface area contributed by atoms with E-state index in [1.807, 2.05) is 30.3 Å². The highest BCUT2D eigenvalue weighted by molar-refractivity contribution is 5.42. The molecule has 1 aromatic heterocycles. The zero-order chi connectivity index (χ0) is 13.1. The summed E-state index contributed by atoms with van der Waals surface area (Å²) in [6, 6.07) is 11.6. The molecular weight excluding hydrogens is 240 g/mol. The number of anilines is 1. The first-order chi connectivity index (χ1) is 9.36. The fraction of sp³-hybridized carbons (Fsp3) is 0.214. The third-order valence-corrected chi connectivity index (χ3v) is 3.03. The molecule has 0 aliphatic carbocycles. The average molecular weight is 252 g/mol. The van der Waals surface area contributed by atoms with Gasteiger partial charge in [0.2, 0.25) is 5.95 Å². The third-order valence-electron chi connectivity index (χ3n) is 3.03. The van der Waals surface area contributed by atoms with Crippen LogP contribution < -0.4 is 10.1 Å². The lowest BCUT2D eigenvalue weighted by Crippen LogP contribution is -2.21. The summed E-state index contributed by atoms with van der Waals surface area (Å²) >= 11 is 0. The van der Waals surface area contributed by atoms with Crippen LogP contribution in [-0.4, -0.2) is 16.6 Å². The van der Waals surface area contributed by atoms with Crippen LogP contribution in [0.2, 0.25) is 0 Å². The molecule has 1 aliphatic rings. The van der Waals surface area contributed by atoms with Crippen molar-refractivity contribution in [3.8, 4) is 11.8 Å². The van der Waals surface area contributed by atoms with Crippen LogP contribution in [0.15, 0.2) is 36.5 Å². The Hall–Kier alpha value is -2.61. The van der Waals surface area contributed by atoms with E-state index in [0.29, 0.717) is 18.2 Å². The van der Waals surface area contributed by atoms with E-state index in [9.17, 15) is 0 Å². The van der Waals surface area contributed by atoms with Crippen LogP contribution >= 0.6 is 0 Å². The van der Waals surface area contributed by atoms with Gasteiger partial charge >= 0.3 is 0 Å². The van der Waals surface area contributed by atoms with Crippen molar-refractivity contribution in [1.82, 2.24) is 9.97 Å². The number of nitriles is 1. The zero-order valence-corrected chi connectivity index (χ0v) is 10.2. The van der Waals surface area contributed by atoms with Crippen molar-refractivity contribution in [2.45, 2.75) is 12.5 Å². The van der Waals surface area contributed by atoms with Gasteiger partial charge in [-0.05, 0) is 12.1 Å². The van der Waals surface area contributed by atoms with Gasteiger partial charge < -0.3 is 10.1 Å². The van der Waals surface area contributed by atoms with Crippen LogP contribution in [0.4, 0.5) is 5.95 Å². The van der Waals surface area contributed by atoms with Crippen molar-refractivity contribution in [2.24, 2.45) is 0 Å². The Morgan fingerprint density at radius 3 is 3.11 bits per heavy atom. The van der Waals surface area contributed by atoms with E-state index in [0.717, 1.165) is 17.7 Å². The molecule has 5 nitrogen and oxygen atoms in total. The summed E-state index contributed by atoms with van der Waals surface area (Å²) in [6.45, 7) is 0.659. The molecule has 2 heterocycles. The Labute approximate surface area is 110 Å². The Kier molecular flexibility index (Phi) is 2.99. The van der Waals surface area contributed by atoms with Gasteiger partial charge in [0.1, 0.15) is 17.5 Å². The Balaban J connectivity index is 1.86. The zero-order valence-electron chi connectivity index (χ0n) is 10.2. The van der Waals surface area contributed by atoms with Crippen LogP contribution in [0.25, 0.3) is 0 Å². The highest BCUT2D eigenvalue weighted by Gasteiger charge is 2.21. The summed E-state index contributed by atoms with van der Waals surface area (Å²) in [5.74, 6) is 1.36. The first kappa shape index (κ1) is 11.5. The van der Waals surface area contributed by atoms with Gasteiger partial charge in [-0.1, -0.05) is 18.2 Å². The first-order valence-electron chi connectivity index (χ1n) is 6.08. The van der Waals surface area contributed by atoms with E-state index in [4.69, 9.17) is 10.00 Å². The van der Waals surface area contributed by atoms with Gasteiger partial charge in [-0.2, -0.15) is 5.26 Å². The van der Waals surface area contributed by atoms with Crippen molar-refractivity contribution in [3.05, 3.63) is 47.8 Å². The summed E-state index contributed by atoms with van der Waals surface area (Å²) in [4.78, 5) is 8.27. The molecule has 0 radical (unpaired) electrons. The fourth-order valence-electron chi connectivity index (χ4n) is 2.14. The van der Waals surface area contributed by atoms with Gasteiger partial charge in [0.15, 0.2) is 0 Å². The molecule has 1 N–H and O–H groups in total. The summed E-state index contributed by atoms with van der Waals surface area (Å²) in [5, 5.41) is 12.1. The van der Waals surface area contributed by atoms with Crippen LogP contribution in [-0.2, 0) is 0 Å². The number of nitrogens with zero attached hydrogens (tertiary/aromatic N) is 3. The molecule has 1 unspecified atom stereocenters. The summed E-state index contributed by atoms with van der Waals surface area (Å²) in [7, 11) is 0. The van der Waals surface area contributed by atoms with E-state index < -0.39 is 0 Å². The van der Waals surface area contributed by atoms with Gasteiger partial charge in [0.25, 0.3) is 0 Å². The SMILES string of the molecule is N#Cc1ccnc(NC2CCOc3ccccc32)n1. The van der Waals surface area contributed by atoms with E-state index in [2.05, 4.69) is 15.3 Å². The minimum Gasteiger partial charge on any atom is -0.493 e. The lowest BCUT2D eigenvalue weighted by Gasteiger charge is -2.26. The molecule has 0 bridgehead atoms. The Morgan fingerprint density at radius 1 is 1.32 bits per heavy atom. The van der Waals surface area contributed by atoms with E-state index in [-0.39, 0.29) is 6.04 Å². The Morgan fingerprint density at radius 2 is 2.21 bits per heavy atom. The van der Waals surface area contributed by atoms with Crippen LogP contribution in [0.5, 0.6) is 5.75 Å². The lowest BCUT2D eigenvalue weighted by molar-refractivity contribution is 0.274. The predicted molar refractivity (Wildman–Crippen MR) is 69.7 cm³/mol. The first-order valence-corrected chi connectivity index (χ1v) is 6.08. The van der Waals surface area contributed by atoms with Crippen molar-refractivity contribution < 1.29 is 4.74 Å². The molecule has 19 heavy (non-hydrogen) atoms. The number of fused-ring (bicyclic) bond motifs is 1. The van der Waals surface area contributed by atoms with Gasteiger partial charge in [0, 0.05) is 18.2 Å². The van der Waals surface area contributed by atoms with Crippen LogP contribution in [0.3, 0.4) is 0 Å². The average Bonchev–Trinajstić information content (AvgIpc) is 2.48. The minimum atomic E-state index is 0.110. The highest BCUT2D eigenvalue weighted by atomic mass is 16.5. The number of nitrogens with one attached hydrogen (secondary N) is 1. The number of rotatable bonds is 2. The van der Waals surface area contributed by atoms with Gasteiger partial charge in [0.05, 0.1) is 12.6 Å². The molecule has 1 aromatic carbocycles.